The highest BCUT2D eigenvalue weighted by Crippen LogP contribution is 2.21. The molecule has 25 heavy (non-hydrogen) atoms. The molecule has 6 heteroatoms. The Labute approximate surface area is 151 Å². The average molecular weight is 352 g/mol. The largest absolute Gasteiger partial charge is 0.351 e. The maximum atomic E-state index is 12.6. The summed E-state index contributed by atoms with van der Waals surface area (Å²) in [5.41, 5.74) is 2.90. The van der Waals surface area contributed by atoms with Crippen molar-refractivity contribution in [2.24, 2.45) is 0 Å². The second-order valence-corrected chi connectivity index (χ2v) is 6.72. The number of rotatable bonds is 7. The molecule has 0 fully saturated rings. The van der Waals surface area contributed by atoms with Crippen LogP contribution in [0.5, 0.6) is 0 Å². The van der Waals surface area contributed by atoms with E-state index in [1.165, 1.54) is 23.7 Å². The highest BCUT2D eigenvalue weighted by atomic mass is 32.2. The number of carbonyl (C=O) groups excluding carboxylic acids is 1. The van der Waals surface area contributed by atoms with E-state index in [0.717, 1.165) is 10.7 Å². The van der Waals surface area contributed by atoms with Gasteiger partial charge in [0.25, 0.3) is 5.91 Å². The van der Waals surface area contributed by atoms with Crippen LogP contribution >= 0.6 is 11.8 Å². The number of amides is 1. The van der Waals surface area contributed by atoms with E-state index < -0.39 is 0 Å². The van der Waals surface area contributed by atoms with Crippen LogP contribution in [0.2, 0.25) is 0 Å². The Hall–Kier alpha value is -2.60. The number of benzene rings is 2. The molecule has 0 aliphatic heterocycles. The molecule has 1 heterocycles. The number of carbonyl (C=O) groups is 1. The SMILES string of the molecule is CC(CNC(=O)c1ccccc1CSc1ncn[nH]1)c1ccccc1. The molecule has 1 aromatic heterocycles. The van der Waals surface area contributed by atoms with Crippen molar-refractivity contribution in [3.05, 3.63) is 77.6 Å². The van der Waals surface area contributed by atoms with Crippen LogP contribution in [0.4, 0.5) is 0 Å². The van der Waals surface area contributed by atoms with Gasteiger partial charge in [-0.2, -0.15) is 5.10 Å². The summed E-state index contributed by atoms with van der Waals surface area (Å²) in [5.74, 6) is 0.880. The number of aromatic nitrogens is 3. The minimum Gasteiger partial charge on any atom is -0.351 e. The third-order valence-electron chi connectivity index (χ3n) is 3.96. The molecule has 1 atom stereocenters. The molecule has 0 bridgehead atoms. The van der Waals surface area contributed by atoms with E-state index in [4.69, 9.17) is 0 Å². The van der Waals surface area contributed by atoms with Gasteiger partial charge in [0.2, 0.25) is 0 Å². The monoisotopic (exact) mass is 352 g/mol. The minimum atomic E-state index is -0.0449. The number of nitrogens with one attached hydrogen (secondary N) is 2. The van der Waals surface area contributed by atoms with Crippen molar-refractivity contribution < 1.29 is 4.79 Å². The summed E-state index contributed by atoms with van der Waals surface area (Å²) in [6.07, 6.45) is 1.48. The van der Waals surface area contributed by atoms with Crippen LogP contribution in [-0.4, -0.2) is 27.6 Å². The van der Waals surface area contributed by atoms with Crippen molar-refractivity contribution in [1.82, 2.24) is 20.5 Å². The van der Waals surface area contributed by atoms with Gasteiger partial charge in [0.1, 0.15) is 6.33 Å². The summed E-state index contributed by atoms with van der Waals surface area (Å²) in [5, 5.41) is 10.4. The smallest absolute Gasteiger partial charge is 0.251 e. The van der Waals surface area contributed by atoms with Crippen LogP contribution in [0.3, 0.4) is 0 Å². The van der Waals surface area contributed by atoms with Gasteiger partial charge >= 0.3 is 0 Å². The van der Waals surface area contributed by atoms with Gasteiger partial charge in [0, 0.05) is 17.9 Å². The van der Waals surface area contributed by atoms with Gasteiger partial charge in [-0.05, 0) is 23.1 Å². The third-order valence-corrected chi connectivity index (χ3v) is 4.88. The third kappa shape index (κ3) is 4.70. The Morgan fingerprint density at radius 1 is 1.16 bits per heavy atom. The van der Waals surface area contributed by atoms with E-state index in [0.29, 0.717) is 17.9 Å². The van der Waals surface area contributed by atoms with Crippen LogP contribution in [0, 0.1) is 0 Å². The highest BCUT2D eigenvalue weighted by molar-refractivity contribution is 7.98. The zero-order valence-corrected chi connectivity index (χ0v) is 14.8. The lowest BCUT2D eigenvalue weighted by Gasteiger charge is -2.14. The number of hydrogen-bond donors (Lipinski definition) is 2. The Bertz CT molecular complexity index is 805. The summed E-state index contributed by atoms with van der Waals surface area (Å²) in [6.45, 7) is 2.72. The first-order chi connectivity index (χ1) is 12.2. The molecule has 0 saturated carbocycles. The quantitative estimate of drug-likeness (QED) is 0.637. The zero-order valence-electron chi connectivity index (χ0n) is 14.0. The highest BCUT2D eigenvalue weighted by Gasteiger charge is 2.13. The molecular weight excluding hydrogens is 332 g/mol. The second-order valence-electron chi connectivity index (χ2n) is 5.76. The fourth-order valence-electron chi connectivity index (χ4n) is 2.52. The minimum absolute atomic E-state index is 0.0449. The molecule has 0 saturated heterocycles. The summed E-state index contributed by atoms with van der Waals surface area (Å²) >= 11 is 1.52. The van der Waals surface area contributed by atoms with Crippen LogP contribution in [0.1, 0.15) is 34.3 Å². The Morgan fingerprint density at radius 2 is 1.92 bits per heavy atom. The number of nitrogens with zero attached hydrogens (tertiary/aromatic N) is 2. The van der Waals surface area contributed by atoms with Crippen molar-refractivity contribution in [2.75, 3.05) is 6.54 Å². The van der Waals surface area contributed by atoms with E-state index >= 15 is 0 Å². The lowest BCUT2D eigenvalue weighted by Crippen LogP contribution is -2.28. The van der Waals surface area contributed by atoms with Crippen molar-refractivity contribution in [1.29, 1.82) is 0 Å². The van der Waals surface area contributed by atoms with Crippen LogP contribution in [0.15, 0.2) is 66.1 Å². The van der Waals surface area contributed by atoms with Gasteiger partial charge in [0.05, 0.1) is 0 Å². The first-order valence-corrected chi connectivity index (χ1v) is 9.12. The molecule has 1 unspecified atom stereocenters. The Balaban J connectivity index is 1.61. The molecule has 128 valence electrons. The lowest BCUT2D eigenvalue weighted by molar-refractivity contribution is 0.0951. The normalized spacial score (nSPS) is 11.9. The number of H-pyrrole nitrogens is 1. The Morgan fingerprint density at radius 3 is 2.68 bits per heavy atom. The molecule has 0 aliphatic rings. The molecule has 0 spiro atoms. The van der Waals surface area contributed by atoms with E-state index in [9.17, 15) is 4.79 Å². The summed E-state index contributed by atoms with van der Waals surface area (Å²) < 4.78 is 0. The molecule has 0 radical (unpaired) electrons. The zero-order chi connectivity index (χ0) is 17.5. The van der Waals surface area contributed by atoms with Crippen LogP contribution in [0.25, 0.3) is 0 Å². The molecular formula is C19H20N4OS. The van der Waals surface area contributed by atoms with Gasteiger partial charge in [-0.3, -0.25) is 9.89 Å². The first kappa shape index (κ1) is 17.2. The number of hydrogen-bond acceptors (Lipinski definition) is 4. The topological polar surface area (TPSA) is 70.7 Å². The molecule has 3 rings (SSSR count). The molecule has 2 N–H and O–H groups in total. The van der Waals surface area contributed by atoms with Crippen LogP contribution < -0.4 is 5.32 Å². The van der Waals surface area contributed by atoms with Gasteiger partial charge in [0.15, 0.2) is 5.16 Å². The first-order valence-electron chi connectivity index (χ1n) is 8.13. The number of thioether (sulfide) groups is 1. The standard InChI is InChI=1S/C19H20N4OS/c1-14(15-7-3-2-4-8-15)11-20-18(24)17-10-6-5-9-16(17)12-25-19-21-13-22-23-19/h2-10,13-14H,11-12H2,1H3,(H,20,24)(H,21,22,23). The van der Waals surface area contributed by atoms with Crippen LogP contribution in [-0.2, 0) is 5.75 Å². The van der Waals surface area contributed by atoms with E-state index in [1.54, 1.807) is 0 Å². The maximum Gasteiger partial charge on any atom is 0.251 e. The summed E-state index contributed by atoms with van der Waals surface area (Å²) in [4.78, 5) is 16.7. The van der Waals surface area contributed by atoms with Crippen molar-refractivity contribution in [3.8, 4) is 0 Å². The molecule has 0 aliphatic carbocycles. The van der Waals surface area contributed by atoms with Gasteiger partial charge in [-0.1, -0.05) is 67.2 Å². The van der Waals surface area contributed by atoms with E-state index in [-0.39, 0.29) is 11.8 Å². The average Bonchev–Trinajstić information content (AvgIpc) is 3.18. The van der Waals surface area contributed by atoms with Gasteiger partial charge < -0.3 is 5.32 Å². The molecule has 3 aromatic rings. The lowest BCUT2D eigenvalue weighted by atomic mass is 10.0. The molecule has 2 aromatic carbocycles. The predicted molar refractivity (Wildman–Crippen MR) is 99.6 cm³/mol. The van der Waals surface area contributed by atoms with Gasteiger partial charge in [-0.25, -0.2) is 4.98 Å². The second kappa shape index (κ2) is 8.48. The predicted octanol–water partition coefficient (Wildman–Crippen LogP) is 3.63. The van der Waals surface area contributed by atoms with E-state index in [1.807, 2.05) is 42.5 Å². The maximum absolute atomic E-state index is 12.6. The summed E-state index contributed by atoms with van der Waals surface area (Å²) in [6, 6.07) is 17.9. The molecule has 5 nitrogen and oxygen atoms in total. The van der Waals surface area contributed by atoms with Crippen molar-refractivity contribution >= 4 is 17.7 Å². The Kier molecular flexibility index (Phi) is 5.85. The fraction of sp³-hybridized carbons (Fsp3) is 0.211. The number of aromatic amines is 1. The fourth-order valence-corrected chi connectivity index (χ4v) is 3.30. The van der Waals surface area contributed by atoms with Gasteiger partial charge in [-0.15, -0.1) is 0 Å². The summed E-state index contributed by atoms with van der Waals surface area (Å²) in [7, 11) is 0. The molecule has 1 amide bonds. The van der Waals surface area contributed by atoms with Crippen molar-refractivity contribution in [3.63, 3.8) is 0 Å². The van der Waals surface area contributed by atoms with E-state index in [2.05, 4.69) is 39.6 Å². The van der Waals surface area contributed by atoms with Crippen molar-refractivity contribution in [2.45, 2.75) is 23.8 Å².